The van der Waals surface area contributed by atoms with E-state index in [1.54, 1.807) is 0 Å². The summed E-state index contributed by atoms with van der Waals surface area (Å²) in [6.45, 7) is 1.95. The predicted octanol–water partition coefficient (Wildman–Crippen LogP) is 4.54. The van der Waals surface area contributed by atoms with E-state index in [4.69, 9.17) is 0 Å². The van der Waals surface area contributed by atoms with Crippen LogP contribution in [-0.2, 0) is 0 Å². The second kappa shape index (κ2) is 6.45. The number of para-hydroxylation sites is 2. The van der Waals surface area contributed by atoms with Gasteiger partial charge in [0.1, 0.15) is 0 Å². The molecule has 0 saturated carbocycles. The summed E-state index contributed by atoms with van der Waals surface area (Å²) in [7, 11) is 0. The van der Waals surface area contributed by atoms with E-state index in [-0.39, 0.29) is 5.91 Å². The summed E-state index contributed by atoms with van der Waals surface area (Å²) in [6.07, 6.45) is 0. The number of benzene rings is 2. The summed E-state index contributed by atoms with van der Waals surface area (Å²) < 4.78 is 0. The molecule has 0 aliphatic rings. The largest absolute Gasteiger partial charge is 0.280 e. The van der Waals surface area contributed by atoms with Crippen LogP contribution >= 0.6 is 11.3 Å². The van der Waals surface area contributed by atoms with Gasteiger partial charge in [0.2, 0.25) is 0 Å². The lowest BCUT2D eigenvalue weighted by Gasteiger charge is -2.25. The third kappa shape index (κ3) is 3.02. The molecule has 3 rings (SSSR count). The van der Waals surface area contributed by atoms with Crippen molar-refractivity contribution in [3.8, 4) is 0 Å². The highest BCUT2D eigenvalue weighted by atomic mass is 32.1. The highest BCUT2D eigenvalue weighted by Gasteiger charge is 2.16. The smallest absolute Gasteiger partial charge is 0.266 e. The number of thiophene rings is 1. The van der Waals surface area contributed by atoms with E-state index in [0.29, 0.717) is 0 Å². The Hall–Kier alpha value is -2.59. The number of amides is 1. The van der Waals surface area contributed by atoms with Crippen molar-refractivity contribution in [1.82, 2.24) is 5.43 Å². The number of nitrogens with one attached hydrogen (secondary N) is 1. The van der Waals surface area contributed by atoms with Crippen LogP contribution in [0.15, 0.2) is 72.1 Å². The van der Waals surface area contributed by atoms with E-state index in [2.05, 4.69) is 5.43 Å². The molecular weight excluding hydrogens is 292 g/mol. The van der Waals surface area contributed by atoms with Crippen molar-refractivity contribution in [2.45, 2.75) is 6.92 Å². The molecule has 2 aromatic carbocycles. The number of aryl methyl sites for hydroxylation is 1. The van der Waals surface area contributed by atoms with Crippen molar-refractivity contribution in [2.75, 3.05) is 5.01 Å². The third-order valence-electron chi connectivity index (χ3n) is 3.31. The molecule has 22 heavy (non-hydrogen) atoms. The molecule has 0 unspecified atom stereocenters. The molecule has 1 aromatic heterocycles. The molecule has 1 heterocycles. The molecule has 3 aromatic rings. The highest BCUT2D eigenvalue weighted by Crippen LogP contribution is 2.24. The lowest BCUT2D eigenvalue weighted by molar-refractivity contribution is 0.0957. The Labute approximate surface area is 133 Å². The highest BCUT2D eigenvalue weighted by molar-refractivity contribution is 7.12. The SMILES string of the molecule is Cc1ccsc1C(=O)NN(c1ccccc1)c1ccccc1. The molecule has 4 heteroatoms. The Morgan fingerprint density at radius 3 is 1.91 bits per heavy atom. The second-order valence-electron chi connectivity index (χ2n) is 4.88. The van der Waals surface area contributed by atoms with E-state index in [1.807, 2.05) is 84.0 Å². The van der Waals surface area contributed by atoms with Crippen molar-refractivity contribution in [3.63, 3.8) is 0 Å². The molecule has 110 valence electrons. The van der Waals surface area contributed by atoms with Crippen LogP contribution in [-0.4, -0.2) is 5.91 Å². The first kappa shape index (κ1) is 14.4. The van der Waals surface area contributed by atoms with E-state index < -0.39 is 0 Å². The van der Waals surface area contributed by atoms with Gasteiger partial charge in [0.05, 0.1) is 16.3 Å². The molecule has 0 aliphatic heterocycles. The lowest BCUT2D eigenvalue weighted by Crippen LogP contribution is -2.38. The van der Waals surface area contributed by atoms with Crippen LogP contribution in [0.25, 0.3) is 0 Å². The number of nitrogens with zero attached hydrogens (tertiary/aromatic N) is 1. The van der Waals surface area contributed by atoms with Crippen LogP contribution in [0.1, 0.15) is 15.2 Å². The minimum atomic E-state index is -0.0970. The average molecular weight is 308 g/mol. The zero-order valence-corrected chi connectivity index (χ0v) is 13.0. The first-order valence-corrected chi connectivity index (χ1v) is 7.89. The number of carbonyl (C=O) groups excluding carboxylic acids is 1. The normalized spacial score (nSPS) is 10.2. The van der Waals surface area contributed by atoms with E-state index in [9.17, 15) is 4.79 Å². The zero-order chi connectivity index (χ0) is 15.4. The summed E-state index contributed by atoms with van der Waals surface area (Å²) in [4.78, 5) is 13.3. The molecule has 0 bridgehead atoms. The summed E-state index contributed by atoms with van der Waals surface area (Å²) in [5.74, 6) is -0.0970. The van der Waals surface area contributed by atoms with Gasteiger partial charge in [-0.15, -0.1) is 11.3 Å². The molecule has 1 amide bonds. The molecule has 0 saturated heterocycles. The van der Waals surface area contributed by atoms with Crippen molar-refractivity contribution in [2.24, 2.45) is 0 Å². The molecule has 0 radical (unpaired) electrons. The minimum Gasteiger partial charge on any atom is -0.266 e. The maximum Gasteiger partial charge on any atom is 0.280 e. The quantitative estimate of drug-likeness (QED) is 0.718. The Kier molecular flexibility index (Phi) is 4.21. The van der Waals surface area contributed by atoms with Crippen LogP contribution in [0.4, 0.5) is 11.4 Å². The van der Waals surface area contributed by atoms with Crippen molar-refractivity contribution < 1.29 is 4.79 Å². The number of carbonyl (C=O) groups is 1. The van der Waals surface area contributed by atoms with Gasteiger partial charge in [-0.3, -0.25) is 15.2 Å². The van der Waals surface area contributed by atoms with Gasteiger partial charge in [-0.2, -0.15) is 0 Å². The molecule has 0 spiro atoms. The molecule has 0 atom stereocenters. The van der Waals surface area contributed by atoms with E-state index in [1.165, 1.54) is 11.3 Å². The van der Waals surface area contributed by atoms with Crippen molar-refractivity contribution in [1.29, 1.82) is 0 Å². The Morgan fingerprint density at radius 1 is 0.909 bits per heavy atom. The van der Waals surface area contributed by atoms with Crippen LogP contribution in [0.2, 0.25) is 0 Å². The number of hydrogen-bond donors (Lipinski definition) is 1. The van der Waals surface area contributed by atoms with Gasteiger partial charge >= 0.3 is 0 Å². The number of hydrazine groups is 1. The van der Waals surface area contributed by atoms with E-state index >= 15 is 0 Å². The first-order valence-electron chi connectivity index (χ1n) is 7.01. The Bertz CT molecular complexity index is 714. The fourth-order valence-electron chi connectivity index (χ4n) is 2.19. The fraction of sp³-hybridized carbons (Fsp3) is 0.0556. The van der Waals surface area contributed by atoms with Gasteiger partial charge in [-0.25, -0.2) is 0 Å². The average Bonchev–Trinajstić information content (AvgIpc) is 3.00. The lowest BCUT2D eigenvalue weighted by atomic mass is 10.2. The number of hydrogen-bond acceptors (Lipinski definition) is 3. The second-order valence-corrected chi connectivity index (χ2v) is 5.80. The fourth-order valence-corrected chi connectivity index (χ4v) is 3.00. The number of anilines is 2. The van der Waals surface area contributed by atoms with Crippen molar-refractivity contribution in [3.05, 3.63) is 82.6 Å². The minimum absolute atomic E-state index is 0.0970. The van der Waals surface area contributed by atoms with Crippen molar-refractivity contribution >= 4 is 28.6 Å². The predicted molar refractivity (Wildman–Crippen MR) is 91.5 cm³/mol. The standard InChI is InChI=1S/C18H16N2OS/c1-14-12-13-22-17(14)18(21)19-20(15-8-4-2-5-9-15)16-10-6-3-7-11-16/h2-13H,1H3,(H,19,21). The van der Waals surface area contributed by atoms with Gasteiger partial charge < -0.3 is 0 Å². The maximum atomic E-state index is 12.5. The third-order valence-corrected chi connectivity index (χ3v) is 4.33. The molecule has 0 aliphatic carbocycles. The zero-order valence-electron chi connectivity index (χ0n) is 12.2. The molecule has 1 N–H and O–H groups in total. The summed E-state index contributed by atoms with van der Waals surface area (Å²) in [5, 5.41) is 3.74. The first-order chi connectivity index (χ1) is 10.8. The van der Waals surface area contributed by atoms with Gasteiger partial charge in [0.15, 0.2) is 0 Å². The summed E-state index contributed by atoms with van der Waals surface area (Å²) in [5.41, 5.74) is 5.81. The molecule has 0 fully saturated rings. The Morgan fingerprint density at radius 2 is 1.45 bits per heavy atom. The summed E-state index contributed by atoms with van der Waals surface area (Å²) >= 11 is 1.45. The van der Waals surface area contributed by atoms with Crippen LogP contribution in [0.5, 0.6) is 0 Å². The van der Waals surface area contributed by atoms with Crippen LogP contribution < -0.4 is 10.4 Å². The summed E-state index contributed by atoms with van der Waals surface area (Å²) in [6, 6.07) is 21.5. The van der Waals surface area contributed by atoms with Gasteiger partial charge in [0.25, 0.3) is 5.91 Å². The monoisotopic (exact) mass is 308 g/mol. The molecule has 3 nitrogen and oxygen atoms in total. The Balaban J connectivity index is 1.93. The van der Waals surface area contributed by atoms with E-state index in [0.717, 1.165) is 21.8 Å². The van der Waals surface area contributed by atoms with Gasteiger partial charge in [-0.1, -0.05) is 36.4 Å². The number of rotatable bonds is 4. The molecular formula is C18H16N2OS. The topological polar surface area (TPSA) is 32.3 Å². The van der Waals surface area contributed by atoms with Gasteiger partial charge in [-0.05, 0) is 48.2 Å². The van der Waals surface area contributed by atoms with Gasteiger partial charge in [0, 0.05) is 0 Å². The van der Waals surface area contributed by atoms with Crippen LogP contribution in [0.3, 0.4) is 0 Å². The van der Waals surface area contributed by atoms with Crippen LogP contribution in [0, 0.1) is 6.92 Å². The maximum absolute atomic E-state index is 12.5.